The lowest BCUT2D eigenvalue weighted by atomic mass is 10.3. The molecular formula is C19H26IN5S. The molecule has 0 spiro atoms. The summed E-state index contributed by atoms with van der Waals surface area (Å²) in [6.45, 7) is 7.47. The van der Waals surface area contributed by atoms with E-state index < -0.39 is 0 Å². The van der Waals surface area contributed by atoms with Gasteiger partial charge >= 0.3 is 0 Å². The highest BCUT2D eigenvalue weighted by molar-refractivity contribution is 14.0. The number of thiophene rings is 1. The summed E-state index contributed by atoms with van der Waals surface area (Å²) in [6, 6.07) is 12.5. The topological polar surface area (TPSA) is 54.2 Å². The van der Waals surface area contributed by atoms with Gasteiger partial charge in [-0.1, -0.05) is 18.2 Å². The molecule has 2 heterocycles. The fourth-order valence-electron chi connectivity index (χ4n) is 2.84. The second kappa shape index (κ2) is 10.5. The van der Waals surface area contributed by atoms with Crippen molar-refractivity contribution >= 4 is 52.3 Å². The van der Waals surface area contributed by atoms with Crippen LogP contribution >= 0.6 is 35.3 Å². The van der Waals surface area contributed by atoms with Gasteiger partial charge in [0.15, 0.2) is 5.96 Å². The molecule has 26 heavy (non-hydrogen) atoms. The van der Waals surface area contributed by atoms with Crippen molar-refractivity contribution in [3.63, 3.8) is 0 Å². The molecule has 3 aromatic rings. The Balaban J connectivity index is 0.00000243. The number of rotatable bonds is 7. The average molecular weight is 483 g/mol. The van der Waals surface area contributed by atoms with E-state index in [1.807, 2.05) is 6.07 Å². The zero-order valence-electron chi connectivity index (χ0n) is 15.2. The van der Waals surface area contributed by atoms with Crippen molar-refractivity contribution in [1.82, 2.24) is 20.2 Å². The SMILES string of the molecule is CCNC(=NCCc1cccs1)NCCn1c(C)nc2ccccc21.I. The summed E-state index contributed by atoms with van der Waals surface area (Å²) in [5.74, 6) is 1.92. The van der Waals surface area contributed by atoms with Crippen LogP contribution in [0.5, 0.6) is 0 Å². The normalized spacial score (nSPS) is 11.4. The molecule has 140 valence electrons. The molecule has 3 rings (SSSR count). The third-order valence-electron chi connectivity index (χ3n) is 4.03. The van der Waals surface area contributed by atoms with E-state index in [1.165, 1.54) is 10.4 Å². The molecule has 0 aliphatic carbocycles. The maximum absolute atomic E-state index is 4.67. The molecule has 7 heteroatoms. The van der Waals surface area contributed by atoms with Crippen molar-refractivity contribution in [3.8, 4) is 0 Å². The highest BCUT2D eigenvalue weighted by atomic mass is 127. The van der Waals surface area contributed by atoms with Crippen LogP contribution in [0.1, 0.15) is 17.6 Å². The van der Waals surface area contributed by atoms with Crippen molar-refractivity contribution < 1.29 is 0 Å². The number of para-hydroxylation sites is 2. The van der Waals surface area contributed by atoms with Gasteiger partial charge in [-0.15, -0.1) is 35.3 Å². The monoisotopic (exact) mass is 483 g/mol. The van der Waals surface area contributed by atoms with E-state index in [0.29, 0.717) is 0 Å². The molecule has 1 aromatic carbocycles. The van der Waals surface area contributed by atoms with E-state index in [4.69, 9.17) is 0 Å². The first-order valence-corrected chi connectivity index (χ1v) is 9.62. The van der Waals surface area contributed by atoms with Crippen LogP contribution in [0, 0.1) is 6.92 Å². The summed E-state index contributed by atoms with van der Waals surface area (Å²) in [6.07, 6.45) is 0.986. The van der Waals surface area contributed by atoms with Crippen LogP contribution in [-0.2, 0) is 13.0 Å². The smallest absolute Gasteiger partial charge is 0.191 e. The predicted molar refractivity (Wildman–Crippen MR) is 122 cm³/mol. The number of benzene rings is 1. The molecule has 0 radical (unpaired) electrons. The lowest BCUT2D eigenvalue weighted by Gasteiger charge is -2.12. The van der Waals surface area contributed by atoms with Gasteiger partial charge in [0, 0.05) is 37.5 Å². The number of aromatic nitrogens is 2. The number of nitrogens with zero attached hydrogens (tertiary/aromatic N) is 3. The molecular weight excluding hydrogens is 457 g/mol. The minimum atomic E-state index is 0. The number of fused-ring (bicyclic) bond motifs is 1. The molecule has 0 amide bonds. The third kappa shape index (κ3) is 5.44. The first kappa shape index (κ1) is 20.7. The maximum Gasteiger partial charge on any atom is 0.191 e. The van der Waals surface area contributed by atoms with E-state index in [1.54, 1.807) is 11.3 Å². The third-order valence-corrected chi connectivity index (χ3v) is 4.96. The van der Waals surface area contributed by atoms with Gasteiger partial charge in [0.25, 0.3) is 0 Å². The minimum Gasteiger partial charge on any atom is -0.357 e. The average Bonchev–Trinajstić information content (AvgIpc) is 3.23. The van der Waals surface area contributed by atoms with Crippen LogP contribution in [0.3, 0.4) is 0 Å². The molecule has 0 unspecified atom stereocenters. The molecule has 5 nitrogen and oxygen atoms in total. The molecule has 0 saturated heterocycles. The Morgan fingerprint density at radius 2 is 2.04 bits per heavy atom. The summed E-state index contributed by atoms with van der Waals surface area (Å²) in [5.41, 5.74) is 2.23. The van der Waals surface area contributed by atoms with Gasteiger partial charge in [-0.25, -0.2) is 4.98 Å². The van der Waals surface area contributed by atoms with E-state index >= 15 is 0 Å². The van der Waals surface area contributed by atoms with Crippen molar-refractivity contribution in [3.05, 3.63) is 52.5 Å². The Bertz CT molecular complexity index is 826. The van der Waals surface area contributed by atoms with Crippen molar-refractivity contribution in [2.45, 2.75) is 26.8 Å². The summed E-state index contributed by atoms with van der Waals surface area (Å²) in [4.78, 5) is 10.7. The number of aryl methyl sites for hydroxylation is 1. The molecule has 0 aliphatic heterocycles. The van der Waals surface area contributed by atoms with Crippen LogP contribution in [0.2, 0.25) is 0 Å². The zero-order chi connectivity index (χ0) is 17.5. The van der Waals surface area contributed by atoms with Gasteiger partial charge in [-0.05, 0) is 37.4 Å². The van der Waals surface area contributed by atoms with Gasteiger partial charge < -0.3 is 15.2 Å². The van der Waals surface area contributed by atoms with E-state index in [-0.39, 0.29) is 24.0 Å². The summed E-state index contributed by atoms with van der Waals surface area (Å²) >= 11 is 1.79. The fourth-order valence-corrected chi connectivity index (χ4v) is 3.54. The standard InChI is InChI=1S/C19H25N5S.HI/c1-3-20-19(21-11-10-16-7-6-14-25-16)22-12-13-24-15(2)23-17-8-4-5-9-18(17)24;/h4-9,14H,3,10-13H2,1-2H3,(H2,20,21,22);1H. The number of nitrogens with one attached hydrogen (secondary N) is 2. The Morgan fingerprint density at radius 3 is 2.81 bits per heavy atom. The van der Waals surface area contributed by atoms with Crippen molar-refractivity contribution in [1.29, 1.82) is 0 Å². The van der Waals surface area contributed by atoms with Gasteiger partial charge in [0.2, 0.25) is 0 Å². The Morgan fingerprint density at radius 1 is 1.19 bits per heavy atom. The highest BCUT2D eigenvalue weighted by Gasteiger charge is 2.06. The Labute approximate surface area is 176 Å². The number of guanidine groups is 1. The first-order chi connectivity index (χ1) is 12.3. The molecule has 0 bridgehead atoms. The number of aliphatic imine (C=N–C) groups is 1. The van der Waals surface area contributed by atoms with Gasteiger partial charge in [0.05, 0.1) is 11.0 Å². The first-order valence-electron chi connectivity index (χ1n) is 8.74. The van der Waals surface area contributed by atoms with E-state index in [0.717, 1.165) is 49.9 Å². The summed E-state index contributed by atoms with van der Waals surface area (Å²) in [7, 11) is 0. The van der Waals surface area contributed by atoms with Crippen LogP contribution < -0.4 is 10.6 Å². The molecule has 2 N–H and O–H groups in total. The lowest BCUT2D eigenvalue weighted by molar-refractivity contribution is 0.660. The molecule has 0 atom stereocenters. The lowest BCUT2D eigenvalue weighted by Crippen LogP contribution is -2.39. The number of hydrogen-bond donors (Lipinski definition) is 2. The number of imidazole rings is 1. The predicted octanol–water partition coefficient (Wildman–Crippen LogP) is 3.82. The van der Waals surface area contributed by atoms with Crippen molar-refractivity contribution in [2.24, 2.45) is 4.99 Å². The Kier molecular flexibility index (Phi) is 8.37. The molecule has 0 fully saturated rings. The van der Waals surface area contributed by atoms with Gasteiger partial charge in [-0.2, -0.15) is 0 Å². The van der Waals surface area contributed by atoms with Crippen molar-refractivity contribution in [2.75, 3.05) is 19.6 Å². The molecule has 0 aliphatic rings. The number of halogens is 1. The highest BCUT2D eigenvalue weighted by Crippen LogP contribution is 2.14. The van der Waals surface area contributed by atoms with Crippen LogP contribution in [-0.4, -0.2) is 35.1 Å². The van der Waals surface area contributed by atoms with E-state index in [2.05, 4.69) is 74.7 Å². The fraction of sp³-hybridized carbons (Fsp3) is 0.368. The second-order valence-corrected chi connectivity index (χ2v) is 6.85. The van der Waals surface area contributed by atoms with Crippen LogP contribution in [0.4, 0.5) is 0 Å². The molecule has 0 saturated carbocycles. The van der Waals surface area contributed by atoms with Crippen LogP contribution in [0.15, 0.2) is 46.8 Å². The largest absolute Gasteiger partial charge is 0.357 e. The maximum atomic E-state index is 4.67. The Hall–Kier alpha value is -1.61. The number of hydrogen-bond acceptors (Lipinski definition) is 3. The van der Waals surface area contributed by atoms with Crippen LogP contribution in [0.25, 0.3) is 11.0 Å². The second-order valence-electron chi connectivity index (χ2n) is 5.82. The minimum absolute atomic E-state index is 0. The quantitative estimate of drug-likeness (QED) is 0.305. The summed E-state index contributed by atoms with van der Waals surface area (Å²) in [5, 5.41) is 8.85. The van der Waals surface area contributed by atoms with Gasteiger partial charge in [-0.3, -0.25) is 4.99 Å². The summed E-state index contributed by atoms with van der Waals surface area (Å²) < 4.78 is 2.25. The molecule has 2 aromatic heterocycles. The van der Waals surface area contributed by atoms with Gasteiger partial charge in [0.1, 0.15) is 5.82 Å². The van der Waals surface area contributed by atoms with E-state index in [9.17, 15) is 0 Å². The zero-order valence-corrected chi connectivity index (χ0v) is 18.4.